The van der Waals surface area contributed by atoms with E-state index in [1.807, 2.05) is 0 Å². The topological polar surface area (TPSA) is 9.23 Å². The molecule has 0 saturated carbocycles. The Morgan fingerprint density at radius 3 is 2.25 bits per heavy atom. The molecular weight excluding hydrogens is 195 g/mol. The highest BCUT2D eigenvalue weighted by Crippen LogP contribution is 2.36. The third kappa shape index (κ3) is 3.29. The fourth-order valence-electron chi connectivity index (χ4n) is 2.70. The first-order valence-electron chi connectivity index (χ1n) is 6.73. The average molecular weight is 218 g/mol. The van der Waals surface area contributed by atoms with Crippen molar-refractivity contribution in [3.8, 4) is 11.7 Å². The molecule has 2 rings (SSSR count). The largest absolute Gasteiger partial charge is 0.421 e. The number of hydrogen-bond donors (Lipinski definition) is 0. The van der Waals surface area contributed by atoms with Crippen LogP contribution in [0.5, 0.6) is 0 Å². The predicted octanol–water partition coefficient (Wildman–Crippen LogP) is 3.69. The highest BCUT2D eigenvalue weighted by molar-refractivity contribution is 6.63. The van der Waals surface area contributed by atoms with Crippen molar-refractivity contribution in [2.45, 2.75) is 71.2 Å². The minimum atomic E-state index is 0.101. The lowest BCUT2D eigenvalue weighted by Crippen LogP contribution is -2.24. The van der Waals surface area contributed by atoms with Gasteiger partial charge in [-0.3, -0.25) is 0 Å². The Morgan fingerprint density at radius 2 is 1.69 bits per heavy atom. The fourth-order valence-corrected chi connectivity index (χ4v) is 2.70. The van der Waals surface area contributed by atoms with E-state index in [4.69, 9.17) is 4.65 Å². The van der Waals surface area contributed by atoms with E-state index in [0.29, 0.717) is 11.9 Å². The molecule has 2 fully saturated rings. The summed E-state index contributed by atoms with van der Waals surface area (Å²) in [5.74, 6) is 7.45. The summed E-state index contributed by atoms with van der Waals surface area (Å²) in [6.07, 6.45) is 8.31. The number of fused-ring (bicyclic) bond motifs is 3. The summed E-state index contributed by atoms with van der Waals surface area (Å²) < 4.78 is 6.16. The molecule has 0 unspecified atom stereocenters. The van der Waals surface area contributed by atoms with E-state index < -0.39 is 0 Å². The second kappa shape index (κ2) is 4.84. The van der Waals surface area contributed by atoms with Crippen LogP contribution in [0, 0.1) is 17.2 Å². The Balaban J connectivity index is 2.10. The van der Waals surface area contributed by atoms with Crippen LogP contribution < -0.4 is 0 Å². The minimum absolute atomic E-state index is 0.101. The molecular formula is C14H23BO. The lowest BCUT2D eigenvalue weighted by molar-refractivity contribution is 0.191. The van der Waals surface area contributed by atoms with Crippen LogP contribution in [0.25, 0.3) is 0 Å². The van der Waals surface area contributed by atoms with Crippen LogP contribution in [0.15, 0.2) is 0 Å². The summed E-state index contributed by atoms with van der Waals surface area (Å²) in [6.45, 7) is 6.73. The second-order valence-corrected chi connectivity index (χ2v) is 6.32. The standard InChI is InChI=1S/C14H23BO/c1-14(2,3)10-11-15-12-6-4-8-13(16-15)9-5-7-12/h12-13H,4-9H2,1-3H3. The third-order valence-electron chi connectivity index (χ3n) is 3.56. The van der Waals surface area contributed by atoms with Gasteiger partial charge in [0.1, 0.15) is 0 Å². The highest BCUT2D eigenvalue weighted by atomic mass is 16.4. The summed E-state index contributed by atoms with van der Waals surface area (Å²) >= 11 is 0. The van der Waals surface area contributed by atoms with E-state index in [-0.39, 0.29) is 12.3 Å². The van der Waals surface area contributed by atoms with E-state index in [2.05, 4.69) is 32.5 Å². The molecule has 2 bridgehead atoms. The van der Waals surface area contributed by atoms with Crippen molar-refractivity contribution in [1.82, 2.24) is 0 Å². The Kier molecular flexibility index (Phi) is 3.65. The summed E-state index contributed by atoms with van der Waals surface area (Å²) in [5, 5.41) is 0. The number of rotatable bonds is 0. The van der Waals surface area contributed by atoms with Gasteiger partial charge in [0.2, 0.25) is 0 Å². The maximum absolute atomic E-state index is 6.16. The summed E-state index contributed by atoms with van der Waals surface area (Å²) in [6, 6.07) is 0. The van der Waals surface area contributed by atoms with Crippen molar-refractivity contribution in [2.75, 3.05) is 0 Å². The smallest absolute Gasteiger partial charge is 0.383 e. The summed E-state index contributed by atoms with van der Waals surface area (Å²) in [4.78, 5) is 0. The number of hydrogen-bond acceptors (Lipinski definition) is 1. The molecule has 0 radical (unpaired) electrons. The van der Waals surface area contributed by atoms with Gasteiger partial charge in [-0.2, -0.15) is 0 Å². The molecule has 2 saturated heterocycles. The first-order chi connectivity index (χ1) is 7.54. The molecule has 2 heteroatoms. The van der Waals surface area contributed by atoms with Crippen LogP contribution in [0.1, 0.15) is 59.3 Å². The van der Waals surface area contributed by atoms with E-state index in [1.54, 1.807) is 0 Å². The van der Waals surface area contributed by atoms with Gasteiger partial charge >= 0.3 is 6.92 Å². The molecule has 0 atom stereocenters. The van der Waals surface area contributed by atoms with Crippen molar-refractivity contribution in [3.63, 3.8) is 0 Å². The van der Waals surface area contributed by atoms with Crippen molar-refractivity contribution in [3.05, 3.63) is 0 Å². The molecule has 2 aliphatic heterocycles. The predicted molar refractivity (Wildman–Crippen MR) is 69.3 cm³/mol. The monoisotopic (exact) mass is 218 g/mol. The first kappa shape index (κ1) is 12.1. The summed E-state index contributed by atoms with van der Waals surface area (Å²) in [7, 11) is 0. The maximum atomic E-state index is 6.16. The zero-order valence-corrected chi connectivity index (χ0v) is 10.9. The Hall–Kier alpha value is -0.415. The zero-order chi connectivity index (χ0) is 11.6. The third-order valence-corrected chi connectivity index (χ3v) is 3.56. The van der Waals surface area contributed by atoms with Crippen molar-refractivity contribution < 1.29 is 4.65 Å². The van der Waals surface area contributed by atoms with E-state index in [1.165, 1.54) is 38.5 Å². The van der Waals surface area contributed by atoms with Crippen molar-refractivity contribution in [2.24, 2.45) is 5.41 Å². The SMILES string of the molecule is CC(C)(C)C#CB1OC2CCCC1CCC2. The molecule has 88 valence electrons. The normalized spacial score (nSPS) is 30.3. The van der Waals surface area contributed by atoms with Gasteiger partial charge in [0.25, 0.3) is 0 Å². The molecule has 0 spiro atoms. The molecule has 0 aromatic rings. The molecule has 0 amide bonds. The minimum Gasteiger partial charge on any atom is -0.421 e. The van der Waals surface area contributed by atoms with Crippen LogP contribution in [0.3, 0.4) is 0 Å². The second-order valence-electron chi connectivity index (χ2n) is 6.32. The Bertz CT molecular complexity index is 284. The average Bonchev–Trinajstić information content (AvgIpc) is 2.43. The van der Waals surface area contributed by atoms with Crippen LogP contribution in [0.4, 0.5) is 0 Å². The van der Waals surface area contributed by atoms with Gasteiger partial charge in [-0.1, -0.05) is 25.7 Å². The fraction of sp³-hybridized carbons (Fsp3) is 0.857. The van der Waals surface area contributed by atoms with Gasteiger partial charge < -0.3 is 4.65 Å². The van der Waals surface area contributed by atoms with Crippen molar-refractivity contribution in [1.29, 1.82) is 0 Å². The van der Waals surface area contributed by atoms with Gasteiger partial charge in [-0.05, 0) is 39.4 Å². The molecule has 2 aliphatic rings. The van der Waals surface area contributed by atoms with Crippen LogP contribution >= 0.6 is 0 Å². The van der Waals surface area contributed by atoms with Gasteiger partial charge in [0, 0.05) is 11.5 Å². The molecule has 2 heterocycles. The van der Waals surface area contributed by atoms with E-state index in [9.17, 15) is 0 Å². The van der Waals surface area contributed by atoms with Crippen LogP contribution in [0.2, 0.25) is 5.82 Å². The Labute approximate surface area is 100 Å². The molecule has 0 aromatic carbocycles. The van der Waals surface area contributed by atoms with Gasteiger partial charge in [0.05, 0.1) is 0 Å². The maximum Gasteiger partial charge on any atom is 0.383 e. The molecule has 16 heavy (non-hydrogen) atoms. The lowest BCUT2D eigenvalue weighted by Gasteiger charge is -2.16. The molecule has 0 aliphatic carbocycles. The zero-order valence-electron chi connectivity index (χ0n) is 10.9. The van der Waals surface area contributed by atoms with Gasteiger partial charge in [-0.15, -0.1) is 11.7 Å². The molecule has 0 N–H and O–H groups in total. The van der Waals surface area contributed by atoms with Gasteiger partial charge in [-0.25, -0.2) is 0 Å². The van der Waals surface area contributed by atoms with Crippen LogP contribution in [-0.4, -0.2) is 13.0 Å². The van der Waals surface area contributed by atoms with E-state index >= 15 is 0 Å². The molecule has 0 aromatic heterocycles. The highest BCUT2D eigenvalue weighted by Gasteiger charge is 2.34. The Morgan fingerprint density at radius 1 is 1.06 bits per heavy atom. The molecule has 1 nitrogen and oxygen atoms in total. The summed E-state index contributed by atoms with van der Waals surface area (Å²) in [5.41, 5.74) is 0.101. The lowest BCUT2D eigenvalue weighted by atomic mass is 9.54. The van der Waals surface area contributed by atoms with E-state index in [0.717, 1.165) is 0 Å². The van der Waals surface area contributed by atoms with Gasteiger partial charge in [0.15, 0.2) is 0 Å². The first-order valence-corrected chi connectivity index (χ1v) is 6.73. The van der Waals surface area contributed by atoms with Crippen LogP contribution in [-0.2, 0) is 4.65 Å². The van der Waals surface area contributed by atoms with Crippen molar-refractivity contribution >= 4 is 6.92 Å². The quantitative estimate of drug-likeness (QED) is 0.445.